The fraction of sp³-hybridized carbons (Fsp3) is 0.688. The Bertz CT molecular complexity index is 706. The number of hydrogen-bond acceptors (Lipinski definition) is 5. The molecule has 1 amide bonds. The van der Waals surface area contributed by atoms with Crippen LogP contribution in [0.1, 0.15) is 29.0 Å². The maximum atomic E-state index is 12.8. The molecular formula is C16H26ClN3O3S2. The minimum atomic E-state index is -3.46. The minimum Gasteiger partial charge on any atom is -0.339 e. The molecule has 1 atom stereocenters. The van der Waals surface area contributed by atoms with Crippen LogP contribution in [0.5, 0.6) is 0 Å². The van der Waals surface area contributed by atoms with Crippen LogP contribution in [0.4, 0.5) is 0 Å². The molecule has 25 heavy (non-hydrogen) atoms. The molecule has 142 valence electrons. The number of piperazine rings is 1. The van der Waals surface area contributed by atoms with Crippen LogP contribution in [0, 0.1) is 13.8 Å². The normalized spacial score (nSPS) is 22.5. The van der Waals surface area contributed by atoms with Crippen molar-refractivity contribution in [1.29, 1.82) is 0 Å². The molecule has 0 bridgehead atoms. The zero-order valence-electron chi connectivity index (χ0n) is 14.7. The van der Waals surface area contributed by atoms with Gasteiger partial charge in [0.25, 0.3) is 0 Å². The number of carbonyl (C=O) groups is 1. The Morgan fingerprint density at radius 3 is 2.40 bits per heavy atom. The highest BCUT2D eigenvalue weighted by Crippen LogP contribution is 2.28. The van der Waals surface area contributed by atoms with Crippen molar-refractivity contribution in [2.45, 2.75) is 44.0 Å². The summed E-state index contributed by atoms with van der Waals surface area (Å²) < 4.78 is 27.1. The first-order chi connectivity index (χ1) is 11.4. The van der Waals surface area contributed by atoms with Gasteiger partial charge in [0.15, 0.2) is 0 Å². The standard InChI is InChI=1S/C16H25N3O3S2.ClH/c1-12-11-15(13(2)23-12)24(21,22)19-9-7-18(8-10-19)16(20)14-5-3-4-6-17-14;/h11,14,17H,3-10H2,1-2H3;1H. The number of rotatable bonds is 3. The van der Waals surface area contributed by atoms with Gasteiger partial charge < -0.3 is 10.2 Å². The predicted molar refractivity (Wildman–Crippen MR) is 102 cm³/mol. The van der Waals surface area contributed by atoms with Crippen LogP contribution in [0.3, 0.4) is 0 Å². The third-order valence-corrected chi connectivity index (χ3v) is 7.89. The minimum absolute atomic E-state index is 0. The predicted octanol–water partition coefficient (Wildman–Crippen LogP) is 1.76. The number of sulfonamides is 1. The largest absolute Gasteiger partial charge is 0.339 e. The van der Waals surface area contributed by atoms with Gasteiger partial charge >= 0.3 is 0 Å². The van der Waals surface area contributed by atoms with Crippen molar-refractivity contribution in [3.05, 3.63) is 15.8 Å². The molecule has 0 radical (unpaired) electrons. The molecule has 9 heteroatoms. The van der Waals surface area contributed by atoms with Gasteiger partial charge in [-0.15, -0.1) is 23.7 Å². The van der Waals surface area contributed by atoms with E-state index in [-0.39, 0.29) is 24.4 Å². The second-order valence-electron chi connectivity index (χ2n) is 6.51. The summed E-state index contributed by atoms with van der Waals surface area (Å²) in [6, 6.07) is 1.65. The Kier molecular flexibility index (Phi) is 6.89. The van der Waals surface area contributed by atoms with E-state index in [9.17, 15) is 13.2 Å². The number of hydrogen-bond donors (Lipinski definition) is 1. The molecule has 1 aromatic rings. The lowest BCUT2D eigenvalue weighted by atomic mass is 10.0. The van der Waals surface area contributed by atoms with E-state index in [1.807, 2.05) is 13.8 Å². The van der Waals surface area contributed by atoms with E-state index < -0.39 is 10.0 Å². The molecule has 1 unspecified atom stereocenters. The van der Waals surface area contributed by atoms with Crippen LogP contribution >= 0.6 is 23.7 Å². The van der Waals surface area contributed by atoms with Crippen LogP contribution in [0.15, 0.2) is 11.0 Å². The van der Waals surface area contributed by atoms with Crippen molar-refractivity contribution in [2.24, 2.45) is 0 Å². The summed E-state index contributed by atoms with van der Waals surface area (Å²) in [5, 5.41) is 3.27. The maximum Gasteiger partial charge on any atom is 0.244 e. The van der Waals surface area contributed by atoms with Gasteiger partial charge in [-0.3, -0.25) is 4.79 Å². The number of halogens is 1. The van der Waals surface area contributed by atoms with E-state index in [0.29, 0.717) is 31.1 Å². The van der Waals surface area contributed by atoms with Gasteiger partial charge in [-0.2, -0.15) is 4.31 Å². The molecule has 0 saturated carbocycles. The summed E-state index contributed by atoms with van der Waals surface area (Å²) in [6.45, 7) is 6.34. The highest BCUT2D eigenvalue weighted by Gasteiger charge is 2.33. The molecule has 1 aromatic heterocycles. The number of amides is 1. The highest BCUT2D eigenvalue weighted by atomic mass is 35.5. The molecule has 2 saturated heterocycles. The molecular weight excluding hydrogens is 382 g/mol. The average molecular weight is 408 g/mol. The number of thiophene rings is 1. The van der Waals surface area contributed by atoms with E-state index in [1.165, 1.54) is 15.6 Å². The van der Waals surface area contributed by atoms with Crippen LogP contribution in [-0.2, 0) is 14.8 Å². The van der Waals surface area contributed by atoms with Gasteiger partial charge in [0, 0.05) is 35.9 Å². The number of piperidine rings is 1. The smallest absolute Gasteiger partial charge is 0.244 e. The molecule has 2 aliphatic heterocycles. The monoisotopic (exact) mass is 407 g/mol. The zero-order chi connectivity index (χ0) is 17.3. The van der Waals surface area contributed by atoms with Gasteiger partial charge in [-0.1, -0.05) is 6.42 Å². The van der Waals surface area contributed by atoms with Gasteiger partial charge in [0.05, 0.1) is 10.9 Å². The number of carbonyl (C=O) groups excluding carboxylic acids is 1. The molecule has 0 aliphatic carbocycles. The lowest BCUT2D eigenvalue weighted by Crippen LogP contribution is -2.55. The van der Waals surface area contributed by atoms with E-state index >= 15 is 0 Å². The summed E-state index contributed by atoms with van der Waals surface area (Å²) in [6.07, 6.45) is 3.08. The molecule has 2 fully saturated rings. The van der Waals surface area contributed by atoms with E-state index in [1.54, 1.807) is 11.0 Å². The first-order valence-electron chi connectivity index (χ1n) is 8.49. The third kappa shape index (κ3) is 4.36. The van der Waals surface area contributed by atoms with Crippen molar-refractivity contribution < 1.29 is 13.2 Å². The number of aryl methyl sites for hydroxylation is 2. The quantitative estimate of drug-likeness (QED) is 0.828. The topological polar surface area (TPSA) is 69.7 Å². The fourth-order valence-corrected chi connectivity index (χ4v) is 6.38. The fourth-order valence-electron chi connectivity index (χ4n) is 3.43. The first-order valence-corrected chi connectivity index (χ1v) is 10.7. The molecule has 3 rings (SSSR count). The van der Waals surface area contributed by atoms with Crippen molar-refractivity contribution in [2.75, 3.05) is 32.7 Å². The van der Waals surface area contributed by atoms with Crippen molar-refractivity contribution in [3.63, 3.8) is 0 Å². The maximum absolute atomic E-state index is 12.8. The van der Waals surface area contributed by atoms with Crippen molar-refractivity contribution >= 4 is 39.7 Å². The summed E-state index contributed by atoms with van der Waals surface area (Å²) in [7, 11) is -3.46. The van der Waals surface area contributed by atoms with Crippen LogP contribution in [0.2, 0.25) is 0 Å². The zero-order valence-corrected chi connectivity index (χ0v) is 17.1. The first kappa shape index (κ1) is 20.6. The van der Waals surface area contributed by atoms with Crippen molar-refractivity contribution in [1.82, 2.24) is 14.5 Å². The summed E-state index contributed by atoms with van der Waals surface area (Å²) in [5.74, 6) is 0.120. The Hall–Kier alpha value is -0.670. The molecule has 3 heterocycles. The lowest BCUT2D eigenvalue weighted by Gasteiger charge is -2.36. The van der Waals surface area contributed by atoms with Gasteiger partial charge in [0.1, 0.15) is 0 Å². The second kappa shape index (κ2) is 8.35. The summed E-state index contributed by atoms with van der Waals surface area (Å²) >= 11 is 1.51. The van der Waals surface area contributed by atoms with Gasteiger partial charge in [-0.05, 0) is 39.3 Å². The Labute approximate surface area is 160 Å². The molecule has 2 aliphatic rings. The molecule has 0 spiro atoms. The molecule has 1 N–H and O–H groups in total. The lowest BCUT2D eigenvalue weighted by molar-refractivity contribution is -0.135. The average Bonchev–Trinajstić information content (AvgIpc) is 2.94. The molecule has 6 nitrogen and oxygen atoms in total. The highest BCUT2D eigenvalue weighted by molar-refractivity contribution is 7.89. The molecule has 0 aromatic carbocycles. The Morgan fingerprint density at radius 1 is 1.20 bits per heavy atom. The van der Waals surface area contributed by atoms with E-state index in [2.05, 4.69) is 5.32 Å². The SMILES string of the molecule is Cc1cc(S(=O)(=O)N2CCN(C(=O)C3CCCCN3)CC2)c(C)s1.Cl. The Balaban J connectivity index is 0.00000225. The van der Waals surface area contributed by atoms with E-state index in [0.717, 1.165) is 35.6 Å². The third-order valence-electron chi connectivity index (χ3n) is 4.77. The van der Waals surface area contributed by atoms with Gasteiger partial charge in [0.2, 0.25) is 15.9 Å². The second-order valence-corrected chi connectivity index (χ2v) is 9.88. The summed E-state index contributed by atoms with van der Waals surface area (Å²) in [5.41, 5.74) is 0. The van der Waals surface area contributed by atoms with Crippen LogP contribution in [0.25, 0.3) is 0 Å². The number of nitrogens with zero attached hydrogens (tertiary/aromatic N) is 2. The van der Waals surface area contributed by atoms with Crippen LogP contribution in [-0.4, -0.2) is 62.3 Å². The van der Waals surface area contributed by atoms with Crippen LogP contribution < -0.4 is 5.32 Å². The van der Waals surface area contributed by atoms with Gasteiger partial charge in [-0.25, -0.2) is 8.42 Å². The summed E-state index contributed by atoms with van der Waals surface area (Å²) in [4.78, 5) is 16.6. The number of nitrogens with one attached hydrogen (secondary N) is 1. The van der Waals surface area contributed by atoms with Crippen molar-refractivity contribution in [3.8, 4) is 0 Å². The Morgan fingerprint density at radius 2 is 1.88 bits per heavy atom. The van der Waals surface area contributed by atoms with E-state index in [4.69, 9.17) is 0 Å².